The van der Waals surface area contributed by atoms with Crippen LogP contribution in [0.25, 0.3) is 4.96 Å². The summed E-state index contributed by atoms with van der Waals surface area (Å²) in [6.45, 7) is 3.38. The van der Waals surface area contributed by atoms with Crippen LogP contribution in [0.15, 0.2) is 24.3 Å². The maximum Gasteiger partial charge on any atom is 0.235 e. The second-order valence-electron chi connectivity index (χ2n) is 6.97. The van der Waals surface area contributed by atoms with Crippen molar-refractivity contribution in [2.75, 3.05) is 13.1 Å². The number of amides is 1. The number of fused-ring (bicyclic) bond motifs is 1. The number of nitrogens with zero attached hydrogens (tertiary/aromatic N) is 3. The summed E-state index contributed by atoms with van der Waals surface area (Å²) in [5.74, 6) is 0.430. The molecule has 142 valence electrons. The number of carbonyl (C=O) groups is 1. The minimum absolute atomic E-state index is 0.0766. The summed E-state index contributed by atoms with van der Waals surface area (Å²) in [6, 6.07) is 7.59. The van der Waals surface area contributed by atoms with Crippen LogP contribution in [0, 0.1) is 12.8 Å². The number of hydrogen-bond acceptors (Lipinski definition) is 5. The molecule has 1 aliphatic rings. The van der Waals surface area contributed by atoms with E-state index in [0.717, 1.165) is 36.4 Å². The lowest BCUT2D eigenvalue weighted by molar-refractivity contribution is -0.930. The van der Waals surface area contributed by atoms with E-state index in [1.54, 1.807) is 6.92 Å². The van der Waals surface area contributed by atoms with Crippen LogP contribution < -0.4 is 10.6 Å². The molecule has 0 saturated carbocycles. The molecule has 3 heterocycles. The van der Waals surface area contributed by atoms with Gasteiger partial charge in [0.1, 0.15) is 10.7 Å². The molecule has 0 aliphatic carbocycles. The SMILES string of the molecule is Cc1nc2sc([C@H](c3cccc(Cl)c3)[NH+]3CCC(C(N)=O)CC3)c(O)n2n1. The zero-order chi connectivity index (χ0) is 19.1. The molecule has 1 saturated heterocycles. The number of likely N-dealkylation sites (tertiary alicyclic amines) is 1. The van der Waals surface area contributed by atoms with Crippen molar-refractivity contribution in [2.24, 2.45) is 11.7 Å². The van der Waals surface area contributed by atoms with Crippen molar-refractivity contribution in [2.45, 2.75) is 25.8 Å². The summed E-state index contributed by atoms with van der Waals surface area (Å²) in [5, 5.41) is 15.8. The fourth-order valence-corrected chi connectivity index (χ4v) is 5.24. The molecule has 0 spiro atoms. The Bertz CT molecular complexity index is 993. The van der Waals surface area contributed by atoms with Crippen molar-refractivity contribution in [3.05, 3.63) is 45.6 Å². The summed E-state index contributed by atoms with van der Waals surface area (Å²) < 4.78 is 1.49. The van der Waals surface area contributed by atoms with Gasteiger partial charge in [-0.3, -0.25) is 4.79 Å². The van der Waals surface area contributed by atoms with Crippen LogP contribution >= 0.6 is 22.9 Å². The molecule has 1 aliphatic heterocycles. The van der Waals surface area contributed by atoms with Crippen molar-refractivity contribution in [3.63, 3.8) is 0 Å². The topological polar surface area (TPSA) is 98.0 Å². The number of aromatic nitrogens is 3. The Balaban J connectivity index is 1.75. The van der Waals surface area contributed by atoms with Gasteiger partial charge in [-0.1, -0.05) is 35.1 Å². The van der Waals surface area contributed by atoms with Crippen molar-refractivity contribution in [1.29, 1.82) is 0 Å². The lowest BCUT2D eigenvalue weighted by Gasteiger charge is -2.33. The van der Waals surface area contributed by atoms with E-state index in [4.69, 9.17) is 17.3 Å². The molecule has 9 heteroatoms. The number of nitrogens with two attached hydrogens (primary N) is 1. The Hall–Kier alpha value is -2.16. The highest BCUT2D eigenvalue weighted by atomic mass is 35.5. The Morgan fingerprint density at radius 3 is 2.81 bits per heavy atom. The maximum absolute atomic E-state index is 11.5. The number of piperidine rings is 1. The number of thiazole rings is 1. The Morgan fingerprint density at radius 1 is 1.44 bits per heavy atom. The first kappa shape index (κ1) is 18.2. The van der Waals surface area contributed by atoms with Gasteiger partial charge < -0.3 is 15.7 Å². The zero-order valence-electron chi connectivity index (χ0n) is 14.9. The number of quaternary nitrogens is 1. The summed E-state index contributed by atoms with van der Waals surface area (Å²) in [4.78, 5) is 18.6. The number of carbonyl (C=O) groups excluding carboxylic acids is 1. The van der Waals surface area contributed by atoms with Gasteiger partial charge in [-0.2, -0.15) is 4.52 Å². The monoisotopic (exact) mass is 406 g/mol. The predicted molar refractivity (Wildman–Crippen MR) is 103 cm³/mol. The second-order valence-corrected chi connectivity index (χ2v) is 8.41. The highest BCUT2D eigenvalue weighted by Gasteiger charge is 2.36. The molecule has 4 N–H and O–H groups in total. The normalized spacial score (nSPS) is 21.4. The molecule has 1 aromatic carbocycles. The fourth-order valence-electron chi connectivity index (χ4n) is 3.86. The Kier molecular flexibility index (Phi) is 4.79. The van der Waals surface area contributed by atoms with Crippen LogP contribution in [0.4, 0.5) is 0 Å². The van der Waals surface area contributed by atoms with E-state index in [9.17, 15) is 9.90 Å². The van der Waals surface area contributed by atoms with Gasteiger partial charge in [0.05, 0.1) is 13.1 Å². The zero-order valence-corrected chi connectivity index (χ0v) is 16.4. The molecule has 1 amide bonds. The average molecular weight is 407 g/mol. The van der Waals surface area contributed by atoms with Crippen molar-refractivity contribution in [3.8, 4) is 5.88 Å². The van der Waals surface area contributed by atoms with Crippen LogP contribution in [0.3, 0.4) is 0 Å². The van der Waals surface area contributed by atoms with E-state index in [0.29, 0.717) is 15.8 Å². The molecule has 0 radical (unpaired) electrons. The quantitative estimate of drug-likeness (QED) is 0.608. The Labute approximate surface area is 165 Å². The molecule has 2 aromatic heterocycles. The van der Waals surface area contributed by atoms with Crippen LogP contribution in [0.5, 0.6) is 5.88 Å². The van der Waals surface area contributed by atoms with E-state index in [-0.39, 0.29) is 23.7 Å². The van der Waals surface area contributed by atoms with Gasteiger partial charge in [-0.05, 0) is 19.1 Å². The van der Waals surface area contributed by atoms with Gasteiger partial charge in [0.15, 0.2) is 6.04 Å². The minimum atomic E-state index is -0.231. The third-order valence-electron chi connectivity index (χ3n) is 5.19. The number of aryl methyl sites for hydroxylation is 1. The van der Waals surface area contributed by atoms with Crippen molar-refractivity contribution < 1.29 is 14.8 Å². The number of nitrogens with one attached hydrogen (secondary N) is 1. The number of halogens is 1. The predicted octanol–water partition coefficient (Wildman–Crippen LogP) is 1.33. The van der Waals surface area contributed by atoms with E-state index in [2.05, 4.69) is 10.1 Å². The number of rotatable bonds is 4. The fraction of sp³-hybridized carbons (Fsp3) is 0.389. The largest absolute Gasteiger partial charge is 0.492 e. The van der Waals surface area contributed by atoms with Crippen LogP contribution in [-0.4, -0.2) is 38.7 Å². The average Bonchev–Trinajstić information content (AvgIpc) is 3.14. The molecule has 7 nitrogen and oxygen atoms in total. The van der Waals surface area contributed by atoms with Gasteiger partial charge in [0.2, 0.25) is 16.7 Å². The molecular formula is C18H21ClN5O2S+. The third-order valence-corrected chi connectivity index (χ3v) is 6.51. The highest BCUT2D eigenvalue weighted by molar-refractivity contribution is 7.17. The smallest absolute Gasteiger partial charge is 0.235 e. The standard InChI is InChI=1S/C18H20ClN5O2S/c1-10-21-18-24(22-10)17(26)15(27-18)14(12-3-2-4-13(19)9-12)23-7-5-11(6-8-23)16(20)25/h2-4,9,11,14,26H,5-8H2,1H3,(H2,20,25)/p+1/t14-/m0/s1. The first-order valence-corrected chi connectivity index (χ1v) is 10.1. The molecule has 0 bridgehead atoms. The van der Waals surface area contributed by atoms with Crippen molar-refractivity contribution >= 4 is 33.8 Å². The molecular weight excluding hydrogens is 386 g/mol. The molecule has 1 atom stereocenters. The number of benzene rings is 1. The van der Waals surface area contributed by atoms with Gasteiger partial charge in [-0.25, -0.2) is 4.98 Å². The third kappa shape index (κ3) is 3.40. The minimum Gasteiger partial charge on any atom is -0.492 e. The molecule has 4 rings (SSSR count). The molecule has 27 heavy (non-hydrogen) atoms. The summed E-state index contributed by atoms with van der Waals surface area (Å²) in [5.41, 5.74) is 6.50. The van der Waals surface area contributed by atoms with Crippen LogP contribution in [-0.2, 0) is 4.79 Å². The van der Waals surface area contributed by atoms with Gasteiger partial charge in [-0.15, -0.1) is 5.10 Å². The van der Waals surface area contributed by atoms with E-state index >= 15 is 0 Å². The summed E-state index contributed by atoms with van der Waals surface area (Å²) in [7, 11) is 0. The summed E-state index contributed by atoms with van der Waals surface area (Å²) in [6.07, 6.45) is 1.48. The first-order valence-electron chi connectivity index (χ1n) is 8.88. The lowest BCUT2D eigenvalue weighted by Crippen LogP contribution is -3.13. The van der Waals surface area contributed by atoms with Gasteiger partial charge in [0, 0.05) is 29.3 Å². The van der Waals surface area contributed by atoms with Gasteiger partial charge in [0.25, 0.3) is 0 Å². The highest BCUT2D eigenvalue weighted by Crippen LogP contribution is 2.36. The second kappa shape index (κ2) is 7.10. The van der Waals surface area contributed by atoms with E-state index in [1.165, 1.54) is 20.8 Å². The molecule has 3 aromatic rings. The number of primary amides is 1. The van der Waals surface area contributed by atoms with Gasteiger partial charge >= 0.3 is 0 Å². The maximum atomic E-state index is 11.5. The van der Waals surface area contributed by atoms with Crippen LogP contribution in [0.2, 0.25) is 5.02 Å². The number of aromatic hydroxyl groups is 1. The molecule has 1 fully saturated rings. The Morgan fingerprint density at radius 2 is 2.19 bits per heavy atom. The van der Waals surface area contributed by atoms with Crippen molar-refractivity contribution in [1.82, 2.24) is 14.6 Å². The molecule has 0 unspecified atom stereocenters. The van der Waals surface area contributed by atoms with E-state index in [1.807, 2.05) is 24.3 Å². The van der Waals surface area contributed by atoms with Crippen LogP contribution in [0.1, 0.15) is 35.1 Å². The number of hydrogen-bond donors (Lipinski definition) is 3. The first-order chi connectivity index (χ1) is 12.9. The summed E-state index contributed by atoms with van der Waals surface area (Å²) >= 11 is 7.68. The van der Waals surface area contributed by atoms with E-state index < -0.39 is 0 Å². The lowest BCUT2D eigenvalue weighted by atomic mass is 9.93.